The highest BCUT2D eigenvalue weighted by Gasteiger charge is 2.40. The number of benzene rings is 1. The van der Waals surface area contributed by atoms with Gasteiger partial charge in [-0.25, -0.2) is 0 Å². The standard InChI is InChI=1S/C17H29NO3Si/c1-4-18-12-10-16(11-13-18)14-21-22(19-2,20-3)15-17-8-6-5-7-9-17/h5-9,16H,4,10-15H2,1-3H3. The molecule has 0 saturated carbocycles. The molecule has 0 N–H and O–H groups in total. The molecule has 5 heteroatoms. The summed E-state index contributed by atoms with van der Waals surface area (Å²) in [7, 11) is 0.806. The molecule has 1 heterocycles. The Morgan fingerprint density at radius 3 is 2.27 bits per heavy atom. The number of hydrogen-bond acceptors (Lipinski definition) is 4. The van der Waals surface area contributed by atoms with E-state index < -0.39 is 8.80 Å². The van der Waals surface area contributed by atoms with Crippen LogP contribution in [0.3, 0.4) is 0 Å². The zero-order valence-corrected chi connectivity index (χ0v) is 15.1. The summed E-state index contributed by atoms with van der Waals surface area (Å²) in [5.74, 6) is 0.621. The quantitative estimate of drug-likeness (QED) is 0.688. The first-order valence-electron chi connectivity index (χ1n) is 8.22. The van der Waals surface area contributed by atoms with Crippen molar-refractivity contribution in [3.8, 4) is 0 Å². The molecule has 2 rings (SSSR count). The fourth-order valence-corrected chi connectivity index (χ4v) is 4.98. The fraction of sp³-hybridized carbons (Fsp3) is 0.647. The van der Waals surface area contributed by atoms with Crippen LogP contribution in [0.5, 0.6) is 0 Å². The zero-order valence-electron chi connectivity index (χ0n) is 14.1. The lowest BCUT2D eigenvalue weighted by atomic mass is 9.98. The predicted molar refractivity (Wildman–Crippen MR) is 90.7 cm³/mol. The summed E-state index contributed by atoms with van der Waals surface area (Å²) in [6, 6.07) is 11.0. The van der Waals surface area contributed by atoms with Crippen molar-refractivity contribution >= 4 is 8.80 Å². The molecular weight excluding hydrogens is 294 g/mol. The minimum Gasteiger partial charge on any atom is -0.377 e. The van der Waals surface area contributed by atoms with E-state index in [1.807, 2.05) is 18.2 Å². The van der Waals surface area contributed by atoms with Crippen LogP contribution >= 0.6 is 0 Å². The van der Waals surface area contributed by atoms with Crippen LogP contribution in [0, 0.1) is 5.92 Å². The van der Waals surface area contributed by atoms with E-state index in [0.29, 0.717) is 5.92 Å². The fourth-order valence-electron chi connectivity index (χ4n) is 2.96. The summed E-state index contributed by atoms with van der Waals surface area (Å²) in [5.41, 5.74) is 1.21. The second kappa shape index (κ2) is 8.79. The molecule has 1 saturated heterocycles. The largest absolute Gasteiger partial charge is 0.505 e. The van der Waals surface area contributed by atoms with Gasteiger partial charge in [-0.2, -0.15) is 0 Å². The third-order valence-electron chi connectivity index (χ3n) is 4.58. The van der Waals surface area contributed by atoms with Gasteiger partial charge in [-0.1, -0.05) is 37.3 Å². The van der Waals surface area contributed by atoms with E-state index in [4.69, 9.17) is 13.3 Å². The average molecular weight is 324 g/mol. The first-order chi connectivity index (χ1) is 10.7. The molecular formula is C17H29NO3Si. The maximum atomic E-state index is 6.22. The second-order valence-corrected chi connectivity index (χ2v) is 8.77. The molecule has 0 atom stereocenters. The van der Waals surface area contributed by atoms with Crippen LogP contribution in [0.15, 0.2) is 30.3 Å². The van der Waals surface area contributed by atoms with Crippen LogP contribution < -0.4 is 0 Å². The van der Waals surface area contributed by atoms with E-state index in [-0.39, 0.29) is 0 Å². The third-order valence-corrected chi connectivity index (χ3v) is 7.27. The molecule has 1 aromatic rings. The van der Waals surface area contributed by atoms with Gasteiger partial charge in [-0.3, -0.25) is 0 Å². The normalized spacial score (nSPS) is 17.8. The summed E-state index contributed by atoms with van der Waals surface area (Å²) in [6.45, 7) is 6.48. The molecule has 0 unspecified atom stereocenters. The summed E-state index contributed by atoms with van der Waals surface area (Å²) in [6.07, 6.45) is 2.41. The maximum Gasteiger partial charge on any atom is 0.505 e. The molecule has 124 valence electrons. The Balaban J connectivity index is 1.88. The highest BCUT2D eigenvalue weighted by atomic mass is 28.4. The van der Waals surface area contributed by atoms with Crippen LogP contribution in [0.2, 0.25) is 0 Å². The van der Waals surface area contributed by atoms with E-state index >= 15 is 0 Å². The van der Waals surface area contributed by atoms with Crippen molar-refractivity contribution in [2.75, 3.05) is 40.5 Å². The van der Waals surface area contributed by atoms with Gasteiger partial charge >= 0.3 is 8.80 Å². The van der Waals surface area contributed by atoms with Gasteiger partial charge in [0.2, 0.25) is 0 Å². The smallest absolute Gasteiger partial charge is 0.377 e. The van der Waals surface area contributed by atoms with Crippen molar-refractivity contribution < 1.29 is 13.3 Å². The van der Waals surface area contributed by atoms with Gasteiger partial charge in [0, 0.05) is 26.9 Å². The molecule has 0 radical (unpaired) electrons. The molecule has 0 spiro atoms. The zero-order chi connectivity index (χ0) is 15.8. The van der Waals surface area contributed by atoms with Crippen molar-refractivity contribution in [1.82, 2.24) is 4.90 Å². The van der Waals surface area contributed by atoms with Gasteiger partial charge in [-0.15, -0.1) is 0 Å². The van der Waals surface area contributed by atoms with Crippen molar-refractivity contribution in [1.29, 1.82) is 0 Å². The van der Waals surface area contributed by atoms with Crippen molar-refractivity contribution in [2.24, 2.45) is 5.92 Å². The van der Waals surface area contributed by atoms with Crippen molar-refractivity contribution in [3.63, 3.8) is 0 Å². The minimum atomic E-state index is -2.61. The maximum absolute atomic E-state index is 6.22. The topological polar surface area (TPSA) is 30.9 Å². The number of nitrogens with zero attached hydrogens (tertiary/aromatic N) is 1. The molecule has 1 aliphatic rings. The summed E-state index contributed by atoms with van der Waals surface area (Å²) >= 11 is 0. The summed E-state index contributed by atoms with van der Waals surface area (Å²) in [5, 5.41) is 0. The van der Waals surface area contributed by atoms with Gasteiger partial charge < -0.3 is 18.2 Å². The van der Waals surface area contributed by atoms with Crippen molar-refractivity contribution in [3.05, 3.63) is 35.9 Å². The lowest BCUT2D eigenvalue weighted by Gasteiger charge is -2.33. The number of piperidine rings is 1. The minimum absolute atomic E-state index is 0.621. The first kappa shape index (κ1) is 17.6. The van der Waals surface area contributed by atoms with Gasteiger partial charge in [0.15, 0.2) is 0 Å². The average Bonchev–Trinajstić information content (AvgIpc) is 2.60. The molecule has 22 heavy (non-hydrogen) atoms. The Kier molecular flexibility index (Phi) is 7.04. The molecule has 0 aliphatic carbocycles. The number of hydrogen-bond donors (Lipinski definition) is 0. The monoisotopic (exact) mass is 323 g/mol. The Hall–Kier alpha value is -0.723. The first-order valence-corrected chi connectivity index (χ1v) is 10.1. The highest BCUT2D eigenvalue weighted by Crippen LogP contribution is 2.21. The molecule has 1 aliphatic heterocycles. The van der Waals surface area contributed by atoms with E-state index in [9.17, 15) is 0 Å². The van der Waals surface area contributed by atoms with Crippen LogP contribution in [0.4, 0.5) is 0 Å². The van der Waals surface area contributed by atoms with Gasteiger partial charge in [0.25, 0.3) is 0 Å². The number of likely N-dealkylation sites (tertiary alicyclic amines) is 1. The molecule has 0 aromatic heterocycles. The van der Waals surface area contributed by atoms with Crippen LogP contribution in [0.25, 0.3) is 0 Å². The Morgan fingerprint density at radius 1 is 1.09 bits per heavy atom. The SMILES string of the molecule is CCN1CCC(CO[Si](Cc2ccccc2)(OC)OC)CC1. The van der Waals surface area contributed by atoms with E-state index in [1.165, 1.54) is 31.5 Å². The van der Waals surface area contributed by atoms with Crippen LogP contribution in [0.1, 0.15) is 25.3 Å². The van der Waals surface area contributed by atoms with Gasteiger partial charge in [0.1, 0.15) is 0 Å². The Labute approximate surface area is 135 Å². The third kappa shape index (κ3) is 4.89. The molecule has 1 aromatic carbocycles. The highest BCUT2D eigenvalue weighted by molar-refractivity contribution is 6.60. The summed E-state index contributed by atoms with van der Waals surface area (Å²) in [4.78, 5) is 2.50. The van der Waals surface area contributed by atoms with Crippen LogP contribution in [-0.2, 0) is 19.3 Å². The lowest BCUT2D eigenvalue weighted by molar-refractivity contribution is 0.0637. The summed E-state index contributed by atoms with van der Waals surface area (Å²) < 4.78 is 17.6. The van der Waals surface area contributed by atoms with E-state index in [2.05, 4.69) is 24.0 Å². The van der Waals surface area contributed by atoms with Gasteiger partial charge in [0.05, 0.1) is 0 Å². The Bertz CT molecular complexity index is 417. The van der Waals surface area contributed by atoms with Gasteiger partial charge in [-0.05, 0) is 44.0 Å². The molecule has 4 nitrogen and oxygen atoms in total. The molecule has 0 bridgehead atoms. The van der Waals surface area contributed by atoms with Crippen molar-refractivity contribution in [2.45, 2.75) is 25.8 Å². The Morgan fingerprint density at radius 2 is 1.73 bits per heavy atom. The predicted octanol–water partition coefficient (Wildman–Crippen LogP) is 2.75. The molecule has 0 amide bonds. The number of rotatable bonds is 8. The molecule has 1 fully saturated rings. The van der Waals surface area contributed by atoms with Crippen LogP contribution in [-0.4, -0.2) is 54.2 Å². The van der Waals surface area contributed by atoms with E-state index in [1.54, 1.807) is 14.2 Å². The van der Waals surface area contributed by atoms with E-state index in [0.717, 1.165) is 19.2 Å². The lowest BCUT2D eigenvalue weighted by Crippen LogP contribution is -2.48. The second-order valence-electron chi connectivity index (χ2n) is 5.94.